The van der Waals surface area contributed by atoms with Crippen molar-refractivity contribution in [2.24, 2.45) is 4.99 Å². The zero-order valence-corrected chi connectivity index (χ0v) is 17.3. The average molecular weight is 434 g/mol. The molecule has 0 spiro atoms. The predicted octanol–water partition coefficient (Wildman–Crippen LogP) is 2.46. The predicted molar refractivity (Wildman–Crippen MR) is 125 cm³/mol. The van der Waals surface area contributed by atoms with E-state index in [4.69, 9.17) is 16.7 Å². The van der Waals surface area contributed by atoms with Crippen molar-refractivity contribution in [2.45, 2.75) is 12.6 Å². The third-order valence-corrected chi connectivity index (χ3v) is 5.54. The zero-order valence-electron chi connectivity index (χ0n) is 17.3. The number of anilines is 3. The van der Waals surface area contributed by atoms with E-state index in [1.54, 1.807) is 6.20 Å². The molecule has 6 N–H and O–H groups in total. The van der Waals surface area contributed by atoms with Gasteiger partial charge in [-0.3, -0.25) is 10.3 Å². The topological polar surface area (TPSA) is 167 Å². The van der Waals surface area contributed by atoms with Gasteiger partial charge in [0.25, 0.3) is 0 Å². The van der Waals surface area contributed by atoms with Crippen LogP contribution in [0.5, 0.6) is 0 Å². The van der Waals surface area contributed by atoms with E-state index in [0.717, 1.165) is 22.0 Å². The van der Waals surface area contributed by atoms with Crippen molar-refractivity contribution in [3.05, 3.63) is 77.2 Å². The second kappa shape index (κ2) is 7.87. The standard InChI is InChI=1S/C23H18N10/c24-9-16-19(26)18-20(30-23(29-12-25)32-22(18)31-21(16)27)15-3-4-17-14(8-15)5-7-33(17)11-13-2-1-6-28-10-13/h1-8,10,20H,11H2,(H6,26,27,29,30,31,32). The molecule has 1 atom stereocenters. The van der Waals surface area contributed by atoms with E-state index in [0.29, 0.717) is 17.9 Å². The molecule has 4 heterocycles. The lowest BCUT2D eigenvalue weighted by Gasteiger charge is -2.26. The van der Waals surface area contributed by atoms with E-state index < -0.39 is 6.04 Å². The summed E-state index contributed by atoms with van der Waals surface area (Å²) in [4.78, 5) is 13.1. The number of benzene rings is 1. The van der Waals surface area contributed by atoms with Crippen LogP contribution in [-0.2, 0) is 6.54 Å². The molecule has 0 amide bonds. The number of guanidine groups is 1. The van der Waals surface area contributed by atoms with Crippen LogP contribution in [-0.4, -0.2) is 20.5 Å². The van der Waals surface area contributed by atoms with Gasteiger partial charge in [0.1, 0.15) is 29.3 Å². The summed E-state index contributed by atoms with van der Waals surface area (Å²) >= 11 is 0. The highest BCUT2D eigenvalue weighted by Gasteiger charge is 2.29. The molecule has 4 aromatic rings. The van der Waals surface area contributed by atoms with Crippen molar-refractivity contribution in [3.63, 3.8) is 0 Å². The Kier molecular flexibility index (Phi) is 4.73. The second-order valence-corrected chi connectivity index (χ2v) is 7.53. The Balaban J connectivity index is 1.60. The lowest BCUT2D eigenvalue weighted by molar-refractivity contribution is 0.829. The summed E-state index contributed by atoms with van der Waals surface area (Å²) < 4.78 is 2.14. The van der Waals surface area contributed by atoms with Crippen LogP contribution in [0.3, 0.4) is 0 Å². The molecule has 33 heavy (non-hydrogen) atoms. The van der Waals surface area contributed by atoms with Crippen LogP contribution in [0.15, 0.2) is 60.0 Å². The Bertz CT molecular complexity index is 1490. The first-order valence-corrected chi connectivity index (χ1v) is 10.1. The number of rotatable bonds is 3. The molecule has 1 aliphatic rings. The van der Waals surface area contributed by atoms with Crippen molar-refractivity contribution in [2.75, 3.05) is 16.8 Å². The number of pyridine rings is 2. The van der Waals surface area contributed by atoms with Crippen LogP contribution in [0.25, 0.3) is 10.9 Å². The Hall–Kier alpha value is -5.09. The molecule has 0 fully saturated rings. The Morgan fingerprint density at radius 2 is 2.06 bits per heavy atom. The highest BCUT2D eigenvalue weighted by atomic mass is 15.2. The lowest BCUT2D eigenvalue weighted by Crippen LogP contribution is -2.32. The largest absolute Gasteiger partial charge is 0.397 e. The Morgan fingerprint density at radius 3 is 2.82 bits per heavy atom. The first-order chi connectivity index (χ1) is 16.1. The van der Waals surface area contributed by atoms with Crippen LogP contribution in [0.2, 0.25) is 0 Å². The highest BCUT2D eigenvalue weighted by molar-refractivity contribution is 5.98. The van der Waals surface area contributed by atoms with Gasteiger partial charge in [-0.1, -0.05) is 12.1 Å². The second-order valence-electron chi connectivity index (χ2n) is 7.53. The molecule has 0 radical (unpaired) electrons. The number of nitriles is 2. The molecule has 10 nitrogen and oxygen atoms in total. The molecule has 1 unspecified atom stereocenters. The number of hydrogen-bond donors (Lipinski definition) is 4. The third-order valence-electron chi connectivity index (χ3n) is 5.54. The minimum absolute atomic E-state index is 0.0149. The number of aliphatic imine (C=N–C) groups is 1. The van der Waals surface area contributed by atoms with Gasteiger partial charge in [-0.05, 0) is 40.8 Å². The quantitative estimate of drug-likeness (QED) is 0.282. The van der Waals surface area contributed by atoms with Gasteiger partial charge >= 0.3 is 0 Å². The third kappa shape index (κ3) is 3.42. The first kappa shape index (κ1) is 19.8. The fourth-order valence-corrected chi connectivity index (χ4v) is 4.04. The van der Waals surface area contributed by atoms with E-state index in [1.807, 2.05) is 61.1 Å². The van der Waals surface area contributed by atoms with Gasteiger partial charge in [0.15, 0.2) is 6.19 Å². The normalized spacial score (nSPS) is 14.5. The monoisotopic (exact) mass is 434 g/mol. The van der Waals surface area contributed by atoms with Gasteiger partial charge in [-0.25, -0.2) is 9.98 Å². The Morgan fingerprint density at radius 1 is 1.18 bits per heavy atom. The maximum Gasteiger partial charge on any atom is 0.211 e. The SMILES string of the molecule is N#CNC1=NC(c2ccc3c(ccn3Cc3cccnc3)c2)c2c(nc(N)c(C#N)c2N)N1. The fraction of sp³-hybridized carbons (Fsp3) is 0.0870. The summed E-state index contributed by atoms with van der Waals surface area (Å²) in [6.07, 6.45) is 7.47. The van der Waals surface area contributed by atoms with Crippen LogP contribution < -0.4 is 22.1 Å². The summed E-state index contributed by atoms with van der Waals surface area (Å²) in [6, 6.07) is 13.4. The number of nitrogens with two attached hydrogens (primary N) is 2. The van der Waals surface area contributed by atoms with Gasteiger partial charge in [-0.15, -0.1) is 0 Å². The maximum atomic E-state index is 9.49. The van der Waals surface area contributed by atoms with Crippen LogP contribution in [0, 0.1) is 22.8 Å². The summed E-state index contributed by atoms with van der Waals surface area (Å²) in [5.74, 6) is 0.595. The van der Waals surface area contributed by atoms with Gasteiger partial charge in [0, 0.05) is 36.2 Å². The summed E-state index contributed by atoms with van der Waals surface area (Å²) in [6.45, 7) is 0.697. The van der Waals surface area contributed by atoms with Crippen molar-refractivity contribution in [1.82, 2.24) is 19.9 Å². The lowest BCUT2D eigenvalue weighted by atomic mass is 9.94. The number of nitrogens with one attached hydrogen (secondary N) is 2. The van der Waals surface area contributed by atoms with E-state index in [-0.39, 0.29) is 23.0 Å². The van der Waals surface area contributed by atoms with Crippen molar-refractivity contribution in [3.8, 4) is 12.3 Å². The molecule has 1 aromatic carbocycles. The van der Waals surface area contributed by atoms with Gasteiger partial charge in [-0.2, -0.15) is 10.5 Å². The fourth-order valence-electron chi connectivity index (χ4n) is 4.04. The molecule has 3 aromatic heterocycles. The van der Waals surface area contributed by atoms with Crippen LogP contribution >= 0.6 is 0 Å². The maximum absolute atomic E-state index is 9.49. The van der Waals surface area contributed by atoms with Crippen LogP contribution in [0.4, 0.5) is 17.3 Å². The average Bonchev–Trinajstić information content (AvgIpc) is 3.21. The van der Waals surface area contributed by atoms with E-state index in [2.05, 4.69) is 30.2 Å². The minimum atomic E-state index is -0.580. The van der Waals surface area contributed by atoms with Crippen molar-refractivity contribution < 1.29 is 0 Å². The van der Waals surface area contributed by atoms with E-state index in [1.165, 1.54) is 0 Å². The molecule has 10 heteroatoms. The minimum Gasteiger partial charge on any atom is -0.397 e. The molecule has 0 aliphatic carbocycles. The number of hydrogen-bond acceptors (Lipinski definition) is 9. The van der Waals surface area contributed by atoms with Crippen LogP contribution in [0.1, 0.15) is 28.3 Å². The Labute approximate surface area is 188 Å². The summed E-state index contributed by atoms with van der Waals surface area (Å²) in [5.41, 5.74) is 16.1. The molecule has 160 valence electrons. The van der Waals surface area contributed by atoms with Gasteiger partial charge < -0.3 is 21.4 Å². The molecule has 1 aliphatic heterocycles. The molecular formula is C23H18N10. The molecule has 0 saturated heterocycles. The van der Waals surface area contributed by atoms with Crippen molar-refractivity contribution >= 4 is 34.2 Å². The smallest absolute Gasteiger partial charge is 0.211 e. The molecular weight excluding hydrogens is 416 g/mol. The molecule has 0 bridgehead atoms. The number of nitrogen functional groups attached to an aromatic ring is 2. The number of fused-ring (bicyclic) bond motifs is 2. The zero-order chi connectivity index (χ0) is 22.9. The number of aromatic nitrogens is 3. The number of nitrogens with zero attached hydrogens (tertiary/aromatic N) is 6. The first-order valence-electron chi connectivity index (χ1n) is 10.1. The van der Waals surface area contributed by atoms with Gasteiger partial charge in [0.05, 0.1) is 5.69 Å². The molecule has 0 saturated carbocycles. The summed E-state index contributed by atoms with van der Waals surface area (Å²) in [5, 5.41) is 25.0. The highest BCUT2D eigenvalue weighted by Crippen LogP contribution is 2.41. The molecule has 5 rings (SSSR count). The van der Waals surface area contributed by atoms with Crippen molar-refractivity contribution in [1.29, 1.82) is 10.5 Å². The van der Waals surface area contributed by atoms with E-state index >= 15 is 0 Å². The van der Waals surface area contributed by atoms with E-state index in [9.17, 15) is 5.26 Å². The summed E-state index contributed by atoms with van der Waals surface area (Å²) in [7, 11) is 0. The van der Waals surface area contributed by atoms with Gasteiger partial charge in [0.2, 0.25) is 5.96 Å².